The summed E-state index contributed by atoms with van der Waals surface area (Å²) in [6, 6.07) is 19.1. The third-order valence-corrected chi connectivity index (χ3v) is 6.43. The first-order valence-corrected chi connectivity index (χ1v) is 11.5. The van der Waals surface area contributed by atoms with E-state index in [1.54, 1.807) is 0 Å². The highest BCUT2D eigenvalue weighted by Crippen LogP contribution is 2.35. The van der Waals surface area contributed by atoms with Crippen LogP contribution in [0.15, 0.2) is 71.5 Å². The van der Waals surface area contributed by atoms with E-state index in [2.05, 4.69) is 54.8 Å². The van der Waals surface area contributed by atoms with E-state index in [1.165, 1.54) is 11.9 Å². The first kappa shape index (κ1) is 22.0. The molecule has 0 saturated heterocycles. The van der Waals surface area contributed by atoms with Gasteiger partial charge in [0.05, 0.1) is 9.86 Å². The van der Waals surface area contributed by atoms with Crippen molar-refractivity contribution in [1.29, 1.82) is 0 Å². The summed E-state index contributed by atoms with van der Waals surface area (Å²) >= 11 is 3.75. The van der Waals surface area contributed by atoms with E-state index in [0.717, 1.165) is 46.1 Å². The number of carboxylic acids is 1. The molecule has 0 radical (unpaired) electrons. The molecular weight excluding hydrogens is 468 g/mol. The fourth-order valence-corrected chi connectivity index (χ4v) is 4.83. The third kappa shape index (κ3) is 4.67. The summed E-state index contributed by atoms with van der Waals surface area (Å²) in [5, 5.41) is 13.8. The van der Waals surface area contributed by atoms with Gasteiger partial charge in [0.2, 0.25) is 0 Å². The number of hydrogen-bond acceptors (Lipinski definition) is 4. The number of benzene rings is 2. The zero-order chi connectivity index (χ0) is 22.5. The van der Waals surface area contributed by atoms with Crippen LogP contribution in [0.4, 0.5) is 5.82 Å². The maximum Gasteiger partial charge on any atom is 0.326 e. The molecule has 0 aliphatic carbocycles. The van der Waals surface area contributed by atoms with Crippen molar-refractivity contribution in [2.24, 2.45) is 0 Å². The number of halogens is 1. The SMILES string of the molecule is CCc1c(Br)c2c(N[C@H](Cc3ccccc3)C(=O)O)ncnc2n1CCc1ccccc1. The van der Waals surface area contributed by atoms with Gasteiger partial charge in [-0.15, -0.1) is 0 Å². The summed E-state index contributed by atoms with van der Waals surface area (Å²) < 4.78 is 3.11. The Morgan fingerprint density at radius 2 is 1.72 bits per heavy atom. The highest BCUT2D eigenvalue weighted by Gasteiger charge is 2.23. The van der Waals surface area contributed by atoms with Crippen LogP contribution in [0.2, 0.25) is 0 Å². The maximum atomic E-state index is 12.0. The van der Waals surface area contributed by atoms with Crippen LogP contribution < -0.4 is 5.32 Å². The number of aryl methyl sites for hydroxylation is 2. The lowest BCUT2D eigenvalue weighted by Gasteiger charge is -2.16. The van der Waals surface area contributed by atoms with E-state index in [0.29, 0.717) is 12.2 Å². The summed E-state index contributed by atoms with van der Waals surface area (Å²) in [7, 11) is 0. The quantitative estimate of drug-likeness (QED) is 0.339. The molecule has 7 heteroatoms. The van der Waals surface area contributed by atoms with Crippen molar-refractivity contribution in [3.8, 4) is 0 Å². The van der Waals surface area contributed by atoms with Gasteiger partial charge in [-0.05, 0) is 39.9 Å². The van der Waals surface area contributed by atoms with Gasteiger partial charge in [-0.1, -0.05) is 67.6 Å². The lowest BCUT2D eigenvalue weighted by molar-refractivity contribution is -0.137. The summed E-state index contributed by atoms with van der Waals surface area (Å²) in [5.41, 5.74) is 4.13. The Morgan fingerprint density at radius 1 is 1.06 bits per heavy atom. The molecule has 0 saturated carbocycles. The van der Waals surface area contributed by atoms with Crippen molar-refractivity contribution in [1.82, 2.24) is 14.5 Å². The molecule has 164 valence electrons. The predicted octanol–water partition coefficient (Wildman–Crippen LogP) is 5.11. The molecule has 0 spiro atoms. The van der Waals surface area contributed by atoms with Crippen LogP contribution in [0.1, 0.15) is 23.7 Å². The maximum absolute atomic E-state index is 12.0. The molecule has 2 aromatic carbocycles. The molecule has 0 amide bonds. The van der Waals surface area contributed by atoms with Crippen LogP contribution in [0, 0.1) is 0 Å². The Hall–Kier alpha value is -3.19. The number of hydrogen-bond donors (Lipinski definition) is 2. The Bertz CT molecular complexity index is 1210. The number of carboxylic acid groups (broad SMARTS) is 1. The van der Waals surface area contributed by atoms with Crippen LogP contribution in [0.3, 0.4) is 0 Å². The van der Waals surface area contributed by atoms with Crippen LogP contribution in [-0.4, -0.2) is 31.7 Å². The van der Waals surface area contributed by atoms with Gasteiger partial charge in [0.1, 0.15) is 23.8 Å². The van der Waals surface area contributed by atoms with Crippen LogP contribution in [0.25, 0.3) is 11.0 Å². The van der Waals surface area contributed by atoms with E-state index in [-0.39, 0.29) is 0 Å². The van der Waals surface area contributed by atoms with Gasteiger partial charge in [-0.2, -0.15) is 0 Å². The van der Waals surface area contributed by atoms with Gasteiger partial charge < -0.3 is 15.0 Å². The van der Waals surface area contributed by atoms with Gasteiger partial charge in [0.15, 0.2) is 0 Å². The number of aromatic nitrogens is 3. The Kier molecular flexibility index (Phi) is 6.85. The van der Waals surface area contributed by atoms with Crippen molar-refractivity contribution in [2.75, 3.05) is 5.32 Å². The summed E-state index contributed by atoms with van der Waals surface area (Å²) in [5.74, 6) is -0.394. The number of fused-ring (bicyclic) bond motifs is 1. The second kappa shape index (κ2) is 9.96. The molecule has 4 aromatic rings. The molecule has 0 fully saturated rings. The molecule has 1 atom stereocenters. The normalized spacial score (nSPS) is 12.1. The lowest BCUT2D eigenvalue weighted by Crippen LogP contribution is -2.32. The molecule has 32 heavy (non-hydrogen) atoms. The van der Waals surface area contributed by atoms with E-state index in [4.69, 9.17) is 0 Å². The fourth-order valence-electron chi connectivity index (χ4n) is 3.97. The zero-order valence-electron chi connectivity index (χ0n) is 17.8. The van der Waals surface area contributed by atoms with E-state index < -0.39 is 12.0 Å². The average Bonchev–Trinajstić information content (AvgIpc) is 3.10. The molecule has 2 aromatic heterocycles. The monoisotopic (exact) mass is 492 g/mol. The third-order valence-electron chi connectivity index (χ3n) is 5.58. The summed E-state index contributed by atoms with van der Waals surface area (Å²) in [6.45, 7) is 2.88. The molecule has 0 unspecified atom stereocenters. The topological polar surface area (TPSA) is 80.0 Å². The highest BCUT2D eigenvalue weighted by atomic mass is 79.9. The summed E-state index contributed by atoms with van der Waals surface area (Å²) in [6.07, 6.45) is 3.55. The van der Waals surface area contributed by atoms with Gasteiger partial charge in [-0.25, -0.2) is 14.8 Å². The Balaban J connectivity index is 1.68. The van der Waals surface area contributed by atoms with Gasteiger partial charge in [0, 0.05) is 18.7 Å². The molecule has 0 bridgehead atoms. The number of anilines is 1. The van der Waals surface area contributed by atoms with E-state index >= 15 is 0 Å². The molecule has 2 heterocycles. The van der Waals surface area contributed by atoms with Crippen molar-refractivity contribution < 1.29 is 9.90 Å². The number of aliphatic carboxylic acids is 1. The van der Waals surface area contributed by atoms with Gasteiger partial charge in [0.25, 0.3) is 0 Å². The molecule has 0 aliphatic rings. The van der Waals surface area contributed by atoms with E-state index in [9.17, 15) is 9.90 Å². The second-order valence-electron chi connectivity index (χ2n) is 7.65. The number of carbonyl (C=O) groups is 1. The first-order chi connectivity index (χ1) is 15.6. The van der Waals surface area contributed by atoms with Crippen molar-refractivity contribution in [2.45, 2.75) is 38.8 Å². The van der Waals surface area contributed by atoms with Gasteiger partial charge >= 0.3 is 5.97 Å². The van der Waals surface area contributed by atoms with Crippen molar-refractivity contribution >= 4 is 38.8 Å². The molecule has 6 nitrogen and oxygen atoms in total. The standard InChI is InChI=1S/C25H25BrN4O2/c1-2-20-22(26)21-23(29-19(25(31)32)15-18-11-7-4-8-12-18)27-16-28-24(21)30(20)14-13-17-9-5-3-6-10-17/h3-12,16,19H,2,13-15H2,1H3,(H,31,32)(H,27,28,29)/t19-/m1/s1. The molecule has 2 N–H and O–H groups in total. The largest absolute Gasteiger partial charge is 0.480 e. The Labute approximate surface area is 195 Å². The summed E-state index contributed by atoms with van der Waals surface area (Å²) in [4.78, 5) is 21.0. The van der Waals surface area contributed by atoms with Crippen LogP contribution >= 0.6 is 15.9 Å². The highest BCUT2D eigenvalue weighted by molar-refractivity contribution is 9.10. The zero-order valence-corrected chi connectivity index (χ0v) is 19.4. The number of nitrogens with one attached hydrogen (secondary N) is 1. The van der Waals surface area contributed by atoms with Crippen LogP contribution in [-0.2, 0) is 30.6 Å². The molecule has 0 aliphatic heterocycles. The molecular formula is C25H25BrN4O2. The Morgan fingerprint density at radius 3 is 2.34 bits per heavy atom. The van der Waals surface area contributed by atoms with Crippen molar-refractivity contribution in [3.05, 3.63) is 88.3 Å². The minimum Gasteiger partial charge on any atom is -0.480 e. The van der Waals surface area contributed by atoms with E-state index in [1.807, 2.05) is 48.5 Å². The second-order valence-corrected chi connectivity index (χ2v) is 8.44. The fraction of sp³-hybridized carbons (Fsp3) is 0.240. The minimum absolute atomic E-state index is 0.356. The lowest BCUT2D eigenvalue weighted by atomic mass is 10.1. The minimum atomic E-state index is -0.920. The molecule has 4 rings (SSSR count). The first-order valence-electron chi connectivity index (χ1n) is 10.7. The number of nitrogens with zero attached hydrogens (tertiary/aromatic N) is 3. The van der Waals surface area contributed by atoms with Gasteiger partial charge in [-0.3, -0.25) is 0 Å². The smallest absolute Gasteiger partial charge is 0.326 e. The van der Waals surface area contributed by atoms with Crippen molar-refractivity contribution in [3.63, 3.8) is 0 Å². The predicted molar refractivity (Wildman–Crippen MR) is 130 cm³/mol. The van der Waals surface area contributed by atoms with Crippen LogP contribution in [0.5, 0.6) is 0 Å². The average molecular weight is 493 g/mol. The number of rotatable bonds is 9.